The Balaban J connectivity index is 1.71. The molecule has 0 radical (unpaired) electrons. The van der Waals surface area contributed by atoms with Crippen LogP contribution in [0.4, 0.5) is 0 Å². The number of aromatic carboxylic acids is 1. The highest BCUT2D eigenvalue weighted by molar-refractivity contribution is 6.15. The maximum atomic E-state index is 12.4. The number of aromatic nitrogens is 4. The molecule has 7 rings (SSSR count). The molecule has 0 fully saturated rings. The van der Waals surface area contributed by atoms with E-state index in [1.807, 2.05) is 104 Å². The van der Waals surface area contributed by atoms with Crippen molar-refractivity contribution in [3.63, 3.8) is 0 Å². The molecule has 41 heavy (non-hydrogen) atoms. The van der Waals surface area contributed by atoms with Gasteiger partial charge in [0.25, 0.3) is 0 Å². The number of pyridine rings is 1. The van der Waals surface area contributed by atoms with Crippen LogP contribution in [0.3, 0.4) is 0 Å². The molecule has 196 valence electrons. The molecule has 1 N–H and O–H groups in total. The van der Waals surface area contributed by atoms with Gasteiger partial charge in [0.2, 0.25) is 0 Å². The van der Waals surface area contributed by atoms with Crippen molar-refractivity contribution in [1.29, 1.82) is 5.26 Å². The molecule has 4 aromatic carbocycles. The molecule has 0 saturated carbocycles. The summed E-state index contributed by atoms with van der Waals surface area (Å²) in [4.78, 5) is 17.6. The van der Waals surface area contributed by atoms with E-state index >= 15 is 0 Å². The second-order valence-electron chi connectivity index (χ2n) is 10.0. The average Bonchev–Trinajstić information content (AvgIpc) is 3.52. The number of benzene rings is 4. The third-order valence-corrected chi connectivity index (χ3v) is 7.66. The number of carboxylic acid groups (broad SMARTS) is 1. The smallest absolute Gasteiger partial charge is 0.336 e. The van der Waals surface area contributed by atoms with Crippen LogP contribution in [0.25, 0.3) is 60.8 Å². The van der Waals surface area contributed by atoms with E-state index in [9.17, 15) is 15.2 Å². The second kappa shape index (κ2) is 9.18. The van der Waals surface area contributed by atoms with Gasteiger partial charge in [0.1, 0.15) is 6.07 Å². The number of hydrogen-bond acceptors (Lipinski definition) is 4. The highest BCUT2D eigenvalue weighted by Crippen LogP contribution is 2.43. The first kappa shape index (κ1) is 24.3. The monoisotopic (exact) mass is 533 g/mol. The predicted molar refractivity (Wildman–Crippen MR) is 160 cm³/mol. The first-order valence-corrected chi connectivity index (χ1v) is 13.2. The molecule has 7 nitrogen and oxygen atoms in total. The van der Waals surface area contributed by atoms with Gasteiger partial charge in [0, 0.05) is 40.7 Å². The maximum absolute atomic E-state index is 12.4. The highest BCUT2D eigenvalue weighted by atomic mass is 16.4. The lowest BCUT2D eigenvalue weighted by atomic mass is 9.88. The van der Waals surface area contributed by atoms with E-state index in [4.69, 9.17) is 10.1 Å². The van der Waals surface area contributed by atoms with E-state index in [1.165, 1.54) is 0 Å². The van der Waals surface area contributed by atoms with Gasteiger partial charge < -0.3 is 9.67 Å². The third-order valence-electron chi connectivity index (χ3n) is 7.66. The number of rotatable bonds is 4. The van der Waals surface area contributed by atoms with Crippen LogP contribution < -0.4 is 0 Å². The SMILES string of the molecule is Cc1nn(-c2ccccc2)c2nc(-c3cn(C)c4ccccc34)c(C#N)c(-c3cccc4cccc(C(=O)O)c34)c12. The molecule has 7 heteroatoms. The Hall–Kier alpha value is -5.74. The first-order valence-electron chi connectivity index (χ1n) is 13.2. The summed E-state index contributed by atoms with van der Waals surface area (Å²) in [6.07, 6.45) is 1.99. The molecule has 0 spiro atoms. The average molecular weight is 534 g/mol. The van der Waals surface area contributed by atoms with Crippen molar-refractivity contribution < 1.29 is 9.90 Å². The highest BCUT2D eigenvalue weighted by Gasteiger charge is 2.27. The molecular formula is C34H23N5O2. The molecule has 0 aliphatic heterocycles. The number of carboxylic acids is 1. The fraction of sp³-hybridized carbons (Fsp3) is 0.0588. The Morgan fingerprint density at radius 2 is 1.61 bits per heavy atom. The summed E-state index contributed by atoms with van der Waals surface area (Å²) < 4.78 is 3.82. The lowest BCUT2D eigenvalue weighted by molar-refractivity contribution is 0.0699. The van der Waals surface area contributed by atoms with Crippen LogP contribution in [-0.4, -0.2) is 30.4 Å². The standard InChI is InChI=1S/C34H23N5O2/c1-20-29-31(24-15-8-10-21-11-9-16-25(30(21)24)34(40)41)26(18-35)32(27-19-38(2)28-17-7-6-14-23(27)28)36-33(29)39(37-20)22-12-4-3-5-13-22/h3-17,19H,1-2H3,(H,40,41). The zero-order chi connectivity index (χ0) is 28.2. The van der Waals surface area contributed by atoms with Crippen molar-refractivity contribution in [2.75, 3.05) is 0 Å². The van der Waals surface area contributed by atoms with E-state index in [2.05, 4.69) is 6.07 Å². The van der Waals surface area contributed by atoms with Gasteiger partial charge in [-0.1, -0.05) is 66.7 Å². The molecule has 0 amide bonds. The van der Waals surface area contributed by atoms with Crippen molar-refractivity contribution in [2.24, 2.45) is 7.05 Å². The normalized spacial score (nSPS) is 11.3. The molecule has 0 bridgehead atoms. The van der Waals surface area contributed by atoms with E-state index in [0.29, 0.717) is 44.5 Å². The Kier molecular flexibility index (Phi) is 5.44. The van der Waals surface area contributed by atoms with Gasteiger partial charge in [-0.05, 0) is 42.1 Å². The van der Waals surface area contributed by atoms with Crippen LogP contribution in [0.15, 0.2) is 97.2 Å². The molecular weight excluding hydrogens is 510 g/mol. The summed E-state index contributed by atoms with van der Waals surface area (Å²) >= 11 is 0. The molecule has 0 aliphatic rings. The van der Waals surface area contributed by atoms with Crippen molar-refractivity contribution in [2.45, 2.75) is 6.92 Å². The van der Waals surface area contributed by atoms with Gasteiger partial charge in [-0.3, -0.25) is 0 Å². The Morgan fingerprint density at radius 3 is 2.37 bits per heavy atom. The predicted octanol–water partition coefficient (Wildman–Crippen LogP) is 7.28. The Bertz CT molecular complexity index is 2210. The number of aryl methyl sites for hydroxylation is 2. The van der Waals surface area contributed by atoms with E-state index in [-0.39, 0.29) is 5.56 Å². The van der Waals surface area contributed by atoms with Crippen LogP contribution in [0.2, 0.25) is 0 Å². The molecule has 3 aromatic heterocycles. The van der Waals surface area contributed by atoms with E-state index < -0.39 is 5.97 Å². The number of nitrogens with zero attached hydrogens (tertiary/aromatic N) is 5. The number of carbonyl (C=O) groups is 1. The fourth-order valence-electron chi connectivity index (χ4n) is 5.90. The van der Waals surface area contributed by atoms with E-state index in [1.54, 1.807) is 16.8 Å². The molecule has 0 saturated heterocycles. The van der Waals surface area contributed by atoms with Crippen LogP contribution >= 0.6 is 0 Å². The lowest BCUT2D eigenvalue weighted by Gasteiger charge is -2.15. The molecule has 7 aromatic rings. The largest absolute Gasteiger partial charge is 0.478 e. The summed E-state index contributed by atoms with van der Waals surface area (Å²) in [6, 6.07) is 31.1. The lowest BCUT2D eigenvalue weighted by Crippen LogP contribution is -2.02. The summed E-state index contributed by atoms with van der Waals surface area (Å²) in [5, 5.41) is 28.9. The van der Waals surface area contributed by atoms with Crippen molar-refractivity contribution >= 4 is 38.7 Å². The van der Waals surface area contributed by atoms with Gasteiger partial charge >= 0.3 is 5.97 Å². The van der Waals surface area contributed by atoms with Crippen LogP contribution in [0, 0.1) is 18.3 Å². The van der Waals surface area contributed by atoms with Crippen LogP contribution in [0.5, 0.6) is 0 Å². The second-order valence-corrected chi connectivity index (χ2v) is 10.0. The number of para-hydroxylation sites is 2. The van der Waals surface area contributed by atoms with E-state index in [0.717, 1.165) is 27.5 Å². The number of fused-ring (bicyclic) bond motifs is 3. The maximum Gasteiger partial charge on any atom is 0.336 e. The van der Waals surface area contributed by atoms with Gasteiger partial charge in [-0.15, -0.1) is 0 Å². The number of hydrogen-bond donors (Lipinski definition) is 1. The summed E-state index contributed by atoms with van der Waals surface area (Å²) in [5.74, 6) is -1.03. The van der Waals surface area contributed by atoms with Gasteiger partial charge in [0.05, 0.1) is 33.6 Å². The van der Waals surface area contributed by atoms with Crippen molar-refractivity contribution in [1.82, 2.24) is 19.3 Å². The number of nitriles is 1. The summed E-state index contributed by atoms with van der Waals surface area (Å²) in [6.45, 7) is 1.90. The summed E-state index contributed by atoms with van der Waals surface area (Å²) in [7, 11) is 1.97. The zero-order valence-corrected chi connectivity index (χ0v) is 22.3. The quantitative estimate of drug-likeness (QED) is 0.256. The molecule has 0 unspecified atom stereocenters. The Morgan fingerprint density at radius 1 is 0.878 bits per heavy atom. The topological polar surface area (TPSA) is 96.7 Å². The van der Waals surface area contributed by atoms with Crippen molar-refractivity contribution in [3.8, 4) is 34.1 Å². The van der Waals surface area contributed by atoms with Gasteiger partial charge in [-0.2, -0.15) is 10.4 Å². The molecule has 0 aliphatic carbocycles. The minimum absolute atomic E-state index is 0.173. The fourth-order valence-corrected chi connectivity index (χ4v) is 5.90. The minimum Gasteiger partial charge on any atom is -0.478 e. The first-order chi connectivity index (χ1) is 20.0. The van der Waals surface area contributed by atoms with Crippen LogP contribution in [-0.2, 0) is 7.05 Å². The zero-order valence-electron chi connectivity index (χ0n) is 22.3. The molecule has 3 heterocycles. The van der Waals surface area contributed by atoms with Gasteiger partial charge in [-0.25, -0.2) is 14.5 Å². The van der Waals surface area contributed by atoms with Gasteiger partial charge in [0.15, 0.2) is 5.65 Å². The third kappa shape index (κ3) is 3.62. The minimum atomic E-state index is -1.03. The Labute approximate surface area is 235 Å². The van der Waals surface area contributed by atoms with Crippen molar-refractivity contribution in [3.05, 3.63) is 114 Å². The summed E-state index contributed by atoms with van der Waals surface area (Å²) in [5.41, 5.74) is 6.30. The van der Waals surface area contributed by atoms with Crippen LogP contribution in [0.1, 0.15) is 21.6 Å². The molecule has 0 atom stereocenters.